The van der Waals surface area contributed by atoms with Gasteiger partial charge in [-0.1, -0.05) is 23.2 Å². The van der Waals surface area contributed by atoms with Crippen LogP contribution >= 0.6 is 23.2 Å². The molecule has 142 valence electrons. The Morgan fingerprint density at radius 3 is 2.11 bits per heavy atom. The smallest absolute Gasteiger partial charge is 0.218 e. The van der Waals surface area contributed by atoms with E-state index in [-0.39, 0.29) is 14.9 Å². The molecule has 0 aliphatic carbocycles. The van der Waals surface area contributed by atoms with Gasteiger partial charge in [-0.15, -0.1) is 0 Å². The van der Waals surface area contributed by atoms with Gasteiger partial charge in [0.2, 0.25) is 15.6 Å². The molecule has 0 saturated carbocycles. The molecule has 0 aliphatic heterocycles. The van der Waals surface area contributed by atoms with Crippen LogP contribution in [-0.4, -0.2) is 29.7 Å². The lowest BCUT2D eigenvalue weighted by Gasteiger charge is -2.13. The average molecular weight is 428 g/mol. The van der Waals surface area contributed by atoms with E-state index in [9.17, 15) is 13.7 Å². The van der Waals surface area contributed by atoms with Gasteiger partial charge < -0.3 is 14.2 Å². The van der Waals surface area contributed by atoms with Crippen LogP contribution in [-0.2, 0) is 9.84 Å². The molecule has 0 radical (unpaired) electrons. The van der Waals surface area contributed by atoms with Crippen LogP contribution in [0.3, 0.4) is 0 Å². The van der Waals surface area contributed by atoms with Crippen molar-refractivity contribution in [2.75, 3.05) is 21.3 Å². The molecule has 0 amide bonds. The average Bonchev–Trinajstić information content (AvgIpc) is 2.66. The number of sulfone groups is 1. The standard InChI is InChI=1S/C18H15Cl2NO5S/c1-24-15-7-11(8-16(25-2)18(15)26-3)6-13(10-21)27(22,23)17-9-12(19)4-5-14(17)20/h4-9H,1-3H3/b13-6+. The molecule has 0 saturated heterocycles. The lowest BCUT2D eigenvalue weighted by molar-refractivity contribution is 0.324. The molecule has 0 heterocycles. The van der Waals surface area contributed by atoms with Crippen molar-refractivity contribution in [2.45, 2.75) is 4.90 Å². The van der Waals surface area contributed by atoms with Crippen molar-refractivity contribution in [3.8, 4) is 23.3 Å². The van der Waals surface area contributed by atoms with Gasteiger partial charge in [-0.05, 0) is 42.0 Å². The second-order valence-corrected chi connectivity index (χ2v) is 7.89. The van der Waals surface area contributed by atoms with Crippen molar-refractivity contribution in [1.82, 2.24) is 0 Å². The molecule has 0 bridgehead atoms. The highest BCUT2D eigenvalue weighted by Gasteiger charge is 2.24. The van der Waals surface area contributed by atoms with Crippen LogP contribution in [0.25, 0.3) is 6.08 Å². The summed E-state index contributed by atoms with van der Waals surface area (Å²) in [6.07, 6.45) is 1.19. The molecular formula is C18H15Cl2NO5S. The Labute approximate surface area is 167 Å². The number of halogens is 2. The first kappa shape index (κ1) is 20.9. The first-order chi connectivity index (χ1) is 12.8. The van der Waals surface area contributed by atoms with Crippen LogP contribution in [0.1, 0.15) is 5.56 Å². The van der Waals surface area contributed by atoms with Crippen molar-refractivity contribution >= 4 is 39.1 Å². The van der Waals surface area contributed by atoms with Gasteiger partial charge in [0.25, 0.3) is 0 Å². The molecule has 0 aromatic heterocycles. The quantitative estimate of drug-likeness (QED) is 0.636. The summed E-state index contributed by atoms with van der Waals surface area (Å²) in [6.45, 7) is 0. The first-order valence-electron chi connectivity index (χ1n) is 7.40. The number of methoxy groups -OCH3 is 3. The molecule has 0 fully saturated rings. The maximum absolute atomic E-state index is 12.9. The molecule has 0 spiro atoms. The predicted octanol–water partition coefficient (Wildman–Crippen LogP) is 4.36. The molecule has 0 atom stereocenters. The summed E-state index contributed by atoms with van der Waals surface area (Å²) >= 11 is 11.9. The van der Waals surface area contributed by atoms with Crippen LogP contribution in [0, 0.1) is 11.3 Å². The summed E-state index contributed by atoms with van der Waals surface area (Å²) in [5.41, 5.74) is 0.364. The minimum Gasteiger partial charge on any atom is -0.493 e. The Morgan fingerprint density at radius 1 is 1.04 bits per heavy atom. The van der Waals surface area contributed by atoms with Crippen molar-refractivity contribution in [3.63, 3.8) is 0 Å². The summed E-state index contributed by atoms with van der Waals surface area (Å²) in [6, 6.07) is 8.74. The lowest BCUT2D eigenvalue weighted by Crippen LogP contribution is -2.04. The second kappa shape index (κ2) is 8.53. The zero-order chi connectivity index (χ0) is 20.2. The highest BCUT2D eigenvalue weighted by Crippen LogP contribution is 2.39. The summed E-state index contributed by atoms with van der Waals surface area (Å²) < 4.78 is 41.4. The monoisotopic (exact) mass is 427 g/mol. The van der Waals surface area contributed by atoms with Gasteiger partial charge in [0, 0.05) is 5.02 Å². The number of hydrogen-bond donors (Lipinski definition) is 0. The van der Waals surface area contributed by atoms with Gasteiger partial charge >= 0.3 is 0 Å². The van der Waals surface area contributed by atoms with Gasteiger partial charge in [-0.2, -0.15) is 5.26 Å². The van der Waals surface area contributed by atoms with Gasteiger partial charge in [0.1, 0.15) is 11.0 Å². The van der Waals surface area contributed by atoms with E-state index < -0.39 is 14.7 Å². The summed E-state index contributed by atoms with van der Waals surface area (Å²) in [5.74, 6) is 0.980. The van der Waals surface area contributed by atoms with E-state index in [1.807, 2.05) is 0 Å². The molecule has 27 heavy (non-hydrogen) atoms. The van der Waals surface area contributed by atoms with Crippen molar-refractivity contribution < 1.29 is 22.6 Å². The lowest BCUT2D eigenvalue weighted by atomic mass is 10.1. The SMILES string of the molecule is COc1cc(/C=C(\C#N)S(=O)(=O)c2cc(Cl)ccc2Cl)cc(OC)c1OC. The van der Waals surface area contributed by atoms with E-state index in [2.05, 4.69) is 0 Å². The normalized spacial score (nSPS) is 11.6. The highest BCUT2D eigenvalue weighted by atomic mass is 35.5. The highest BCUT2D eigenvalue weighted by molar-refractivity contribution is 7.95. The maximum Gasteiger partial charge on any atom is 0.218 e. The Morgan fingerprint density at radius 2 is 1.63 bits per heavy atom. The zero-order valence-electron chi connectivity index (χ0n) is 14.6. The third-order valence-corrected chi connectivity index (χ3v) is 5.95. The number of allylic oxidation sites excluding steroid dienone is 1. The predicted molar refractivity (Wildman–Crippen MR) is 103 cm³/mol. The molecule has 9 heteroatoms. The first-order valence-corrected chi connectivity index (χ1v) is 9.64. The Hall–Kier alpha value is -2.40. The summed E-state index contributed by atoms with van der Waals surface area (Å²) in [5, 5.41) is 9.58. The molecular weight excluding hydrogens is 413 g/mol. The largest absolute Gasteiger partial charge is 0.493 e. The van der Waals surface area contributed by atoms with Crippen molar-refractivity contribution in [3.05, 3.63) is 50.8 Å². The van der Waals surface area contributed by atoms with Gasteiger partial charge in [0.15, 0.2) is 11.5 Å². The Balaban J connectivity index is 2.66. The molecule has 6 nitrogen and oxygen atoms in total. The fourth-order valence-corrected chi connectivity index (χ4v) is 4.22. The van der Waals surface area contributed by atoms with Crippen LogP contribution in [0.2, 0.25) is 10.0 Å². The minimum atomic E-state index is -4.19. The van der Waals surface area contributed by atoms with E-state index in [0.717, 1.165) is 0 Å². The van der Waals surface area contributed by atoms with Crippen LogP contribution in [0.4, 0.5) is 0 Å². The molecule has 2 rings (SSSR count). The number of hydrogen-bond acceptors (Lipinski definition) is 6. The van der Waals surface area contributed by atoms with Crippen LogP contribution in [0.15, 0.2) is 40.1 Å². The fourth-order valence-electron chi connectivity index (χ4n) is 2.31. The van der Waals surface area contributed by atoms with Crippen LogP contribution < -0.4 is 14.2 Å². The van der Waals surface area contributed by atoms with Crippen LogP contribution in [0.5, 0.6) is 17.2 Å². The molecule has 2 aromatic rings. The van der Waals surface area contributed by atoms with Gasteiger partial charge in [-0.3, -0.25) is 0 Å². The second-order valence-electron chi connectivity index (χ2n) is 5.16. The number of nitrogens with zero attached hydrogens (tertiary/aromatic N) is 1. The molecule has 0 unspecified atom stereocenters. The van der Waals surface area contributed by atoms with Gasteiger partial charge in [0.05, 0.1) is 31.2 Å². The van der Waals surface area contributed by atoms with E-state index in [1.54, 1.807) is 6.07 Å². The van der Waals surface area contributed by atoms with Crippen molar-refractivity contribution in [2.24, 2.45) is 0 Å². The Bertz CT molecular complexity index is 1020. The number of benzene rings is 2. The Kier molecular flexibility index (Phi) is 6.60. The van der Waals surface area contributed by atoms with E-state index >= 15 is 0 Å². The van der Waals surface area contributed by atoms with Gasteiger partial charge in [-0.25, -0.2) is 8.42 Å². The fraction of sp³-hybridized carbons (Fsp3) is 0.167. The topological polar surface area (TPSA) is 85.6 Å². The van der Waals surface area contributed by atoms with E-state index in [1.165, 1.54) is 57.7 Å². The summed E-state index contributed by atoms with van der Waals surface area (Å²) in [7, 11) is 0.118. The molecule has 0 N–H and O–H groups in total. The number of ether oxygens (including phenoxy) is 3. The third-order valence-electron chi connectivity index (χ3n) is 3.57. The number of nitriles is 1. The van der Waals surface area contributed by atoms with E-state index in [0.29, 0.717) is 22.8 Å². The summed E-state index contributed by atoms with van der Waals surface area (Å²) in [4.78, 5) is -0.766. The molecule has 2 aromatic carbocycles. The number of rotatable bonds is 6. The maximum atomic E-state index is 12.9. The molecule has 0 aliphatic rings. The minimum absolute atomic E-state index is 0.0366. The zero-order valence-corrected chi connectivity index (χ0v) is 16.9. The van der Waals surface area contributed by atoms with E-state index in [4.69, 9.17) is 37.4 Å². The third kappa shape index (κ3) is 4.30. The van der Waals surface area contributed by atoms with Crippen molar-refractivity contribution in [1.29, 1.82) is 5.26 Å².